The highest BCUT2D eigenvalue weighted by Crippen LogP contribution is 2.14. The van der Waals surface area contributed by atoms with Crippen LogP contribution in [-0.4, -0.2) is 11.8 Å². The summed E-state index contributed by atoms with van der Waals surface area (Å²) in [7, 11) is 0. The third-order valence-corrected chi connectivity index (χ3v) is 3.91. The van der Waals surface area contributed by atoms with Gasteiger partial charge in [0.2, 0.25) is 5.91 Å². The van der Waals surface area contributed by atoms with Crippen LogP contribution in [0.25, 0.3) is 0 Å². The molecule has 0 heterocycles. The molecule has 0 radical (unpaired) electrons. The van der Waals surface area contributed by atoms with E-state index in [-0.39, 0.29) is 17.7 Å². The maximum Gasteiger partial charge on any atom is 0.253 e. The van der Waals surface area contributed by atoms with Crippen molar-refractivity contribution >= 4 is 23.2 Å². The number of anilines is 2. The third kappa shape index (κ3) is 4.59. The number of rotatable bonds is 6. The normalized spacial score (nSPS) is 11.6. The molecule has 2 rings (SSSR count). The maximum atomic E-state index is 12.2. The number of amides is 2. The van der Waals surface area contributed by atoms with E-state index in [4.69, 9.17) is 5.73 Å². The average Bonchev–Trinajstić information content (AvgIpc) is 2.59. The first-order valence-corrected chi connectivity index (χ1v) is 8.03. The Morgan fingerprint density at radius 1 is 1.12 bits per heavy atom. The molecular formula is C19H23N3O2. The number of benzene rings is 2. The maximum absolute atomic E-state index is 12.2. The first-order chi connectivity index (χ1) is 11.5. The lowest BCUT2D eigenvalue weighted by atomic mass is 10.1. The zero-order valence-corrected chi connectivity index (χ0v) is 14.0. The number of nitrogens with one attached hydrogen (secondary N) is 2. The molecule has 0 saturated heterocycles. The van der Waals surface area contributed by atoms with E-state index in [0.717, 1.165) is 17.7 Å². The zero-order valence-electron chi connectivity index (χ0n) is 14.0. The van der Waals surface area contributed by atoms with Crippen LogP contribution in [-0.2, 0) is 11.3 Å². The first kappa shape index (κ1) is 17.5. The number of carbonyl (C=O) groups is 2. The summed E-state index contributed by atoms with van der Waals surface area (Å²) in [5, 5.41) is 5.73. The summed E-state index contributed by atoms with van der Waals surface area (Å²) in [5.41, 5.74) is 8.34. The number of para-hydroxylation sites is 1. The number of hydrogen-bond acceptors (Lipinski definition) is 3. The van der Waals surface area contributed by atoms with E-state index in [9.17, 15) is 9.59 Å². The van der Waals surface area contributed by atoms with E-state index < -0.39 is 0 Å². The van der Waals surface area contributed by atoms with E-state index >= 15 is 0 Å². The highest BCUT2D eigenvalue weighted by molar-refractivity contribution is 5.99. The zero-order chi connectivity index (χ0) is 17.5. The second-order valence-corrected chi connectivity index (χ2v) is 5.77. The smallest absolute Gasteiger partial charge is 0.253 e. The molecule has 126 valence electrons. The molecule has 0 spiro atoms. The summed E-state index contributed by atoms with van der Waals surface area (Å²) in [6.07, 6.45) is 0.792. The Hall–Kier alpha value is -2.82. The minimum atomic E-state index is -0.220. The molecule has 0 saturated carbocycles. The van der Waals surface area contributed by atoms with Crippen molar-refractivity contribution < 1.29 is 9.59 Å². The molecule has 2 aromatic carbocycles. The molecule has 2 aromatic rings. The molecular weight excluding hydrogens is 302 g/mol. The van der Waals surface area contributed by atoms with E-state index in [1.165, 1.54) is 0 Å². The molecule has 1 atom stereocenters. The quantitative estimate of drug-likeness (QED) is 0.713. The fraction of sp³-hybridized carbons (Fsp3) is 0.263. The van der Waals surface area contributed by atoms with Crippen molar-refractivity contribution in [1.82, 2.24) is 5.32 Å². The fourth-order valence-electron chi connectivity index (χ4n) is 2.19. The highest BCUT2D eigenvalue weighted by atomic mass is 16.2. The topological polar surface area (TPSA) is 84.2 Å². The van der Waals surface area contributed by atoms with Crippen LogP contribution in [0.15, 0.2) is 48.5 Å². The molecule has 0 aliphatic rings. The van der Waals surface area contributed by atoms with Gasteiger partial charge in [0.15, 0.2) is 0 Å². The molecule has 0 aliphatic heterocycles. The van der Waals surface area contributed by atoms with Crippen molar-refractivity contribution in [1.29, 1.82) is 0 Å². The van der Waals surface area contributed by atoms with Gasteiger partial charge in [-0.3, -0.25) is 9.59 Å². The predicted octanol–water partition coefficient (Wildman–Crippen LogP) is 3.18. The molecule has 5 nitrogen and oxygen atoms in total. The second-order valence-electron chi connectivity index (χ2n) is 5.77. The largest absolute Gasteiger partial charge is 0.398 e. The van der Waals surface area contributed by atoms with Crippen LogP contribution in [0.4, 0.5) is 11.4 Å². The van der Waals surface area contributed by atoms with Crippen LogP contribution in [0, 0.1) is 5.92 Å². The third-order valence-electron chi connectivity index (χ3n) is 3.91. The first-order valence-electron chi connectivity index (χ1n) is 8.03. The molecule has 0 aromatic heterocycles. The van der Waals surface area contributed by atoms with Crippen LogP contribution < -0.4 is 16.4 Å². The summed E-state index contributed by atoms with van der Waals surface area (Å²) >= 11 is 0. The lowest BCUT2D eigenvalue weighted by molar-refractivity contribution is -0.119. The lowest BCUT2D eigenvalue weighted by Crippen LogP contribution is -2.24. The van der Waals surface area contributed by atoms with Gasteiger partial charge in [-0.05, 0) is 36.2 Å². The van der Waals surface area contributed by atoms with Gasteiger partial charge in [0.25, 0.3) is 5.91 Å². The van der Waals surface area contributed by atoms with Gasteiger partial charge >= 0.3 is 0 Å². The summed E-state index contributed by atoms with van der Waals surface area (Å²) in [4.78, 5) is 24.1. The van der Waals surface area contributed by atoms with Crippen molar-refractivity contribution in [2.24, 2.45) is 5.92 Å². The standard InChI is InChI=1S/C19H23N3O2/c1-3-13(2)18(23)22-15-8-6-7-14(11-15)12-21-19(24)16-9-4-5-10-17(16)20/h4-11,13H,3,12,20H2,1-2H3,(H,21,24)(H,22,23). The Balaban J connectivity index is 1.98. The van der Waals surface area contributed by atoms with Crippen molar-refractivity contribution in [3.8, 4) is 0 Å². The molecule has 1 unspecified atom stereocenters. The van der Waals surface area contributed by atoms with Crippen LogP contribution in [0.2, 0.25) is 0 Å². The average molecular weight is 325 g/mol. The number of nitrogen functional groups attached to an aromatic ring is 1. The van der Waals surface area contributed by atoms with Crippen LogP contribution in [0.5, 0.6) is 0 Å². The van der Waals surface area contributed by atoms with Gasteiger partial charge in [-0.15, -0.1) is 0 Å². The Bertz CT molecular complexity index is 728. The van der Waals surface area contributed by atoms with Gasteiger partial charge in [-0.25, -0.2) is 0 Å². The SMILES string of the molecule is CCC(C)C(=O)Nc1cccc(CNC(=O)c2ccccc2N)c1. The van der Waals surface area contributed by atoms with E-state index in [2.05, 4.69) is 10.6 Å². The number of carbonyl (C=O) groups excluding carboxylic acids is 2. The molecule has 4 N–H and O–H groups in total. The van der Waals surface area contributed by atoms with Gasteiger partial charge < -0.3 is 16.4 Å². The van der Waals surface area contributed by atoms with E-state index in [1.807, 2.05) is 38.1 Å². The Labute approximate surface area is 142 Å². The summed E-state index contributed by atoms with van der Waals surface area (Å²) < 4.78 is 0. The highest BCUT2D eigenvalue weighted by Gasteiger charge is 2.11. The van der Waals surface area contributed by atoms with Gasteiger partial charge in [0, 0.05) is 23.8 Å². The summed E-state index contributed by atoms with van der Waals surface area (Å²) in [6.45, 7) is 4.23. The van der Waals surface area contributed by atoms with Crippen LogP contribution in [0.3, 0.4) is 0 Å². The van der Waals surface area contributed by atoms with Gasteiger partial charge in [-0.1, -0.05) is 38.1 Å². The molecule has 0 aliphatic carbocycles. The molecule has 2 amide bonds. The van der Waals surface area contributed by atoms with Gasteiger partial charge in [0.05, 0.1) is 5.56 Å². The van der Waals surface area contributed by atoms with Crippen molar-refractivity contribution in [3.05, 3.63) is 59.7 Å². The van der Waals surface area contributed by atoms with Gasteiger partial charge in [0.1, 0.15) is 0 Å². The minimum absolute atomic E-state index is 0.00394. The van der Waals surface area contributed by atoms with Crippen LogP contribution in [0.1, 0.15) is 36.2 Å². The Morgan fingerprint density at radius 3 is 2.58 bits per heavy atom. The number of nitrogens with two attached hydrogens (primary N) is 1. The monoisotopic (exact) mass is 325 g/mol. The minimum Gasteiger partial charge on any atom is -0.398 e. The summed E-state index contributed by atoms with van der Waals surface area (Å²) in [6, 6.07) is 14.4. The van der Waals surface area contributed by atoms with Crippen LogP contribution >= 0.6 is 0 Å². The van der Waals surface area contributed by atoms with Crippen molar-refractivity contribution in [2.45, 2.75) is 26.8 Å². The predicted molar refractivity (Wildman–Crippen MR) is 96.6 cm³/mol. The van der Waals surface area contributed by atoms with Crippen molar-refractivity contribution in [2.75, 3.05) is 11.1 Å². The number of hydrogen-bond donors (Lipinski definition) is 3. The fourth-order valence-corrected chi connectivity index (χ4v) is 2.19. The molecule has 0 fully saturated rings. The Morgan fingerprint density at radius 2 is 1.88 bits per heavy atom. The molecule has 0 bridgehead atoms. The molecule has 5 heteroatoms. The lowest BCUT2D eigenvalue weighted by Gasteiger charge is -2.12. The second kappa shape index (κ2) is 8.15. The summed E-state index contributed by atoms with van der Waals surface area (Å²) in [5.74, 6) is -0.257. The molecule has 24 heavy (non-hydrogen) atoms. The van der Waals surface area contributed by atoms with Crippen molar-refractivity contribution in [3.63, 3.8) is 0 Å². The Kier molecular flexibility index (Phi) is 5.95. The van der Waals surface area contributed by atoms with E-state index in [1.54, 1.807) is 24.3 Å². The van der Waals surface area contributed by atoms with E-state index in [0.29, 0.717) is 17.8 Å². The van der Waals surface area contributed by atoms with Gasteiger partial charge in [-0.2, -0.15) is 0 Å².